The van der Waals surface area contributed by atoms with Crippen molar-refractivity contribution in [2.75, 3.05) is 17.2 Å². The zero-order chi connectivity index (χ0) is 32.3. The van der Waals surface area contributed by atoms with E-state index >= 15 is 0 Å². The molecule has 0 fully saturated rings. The zero-order valence-electron chi connectivity index (χ0n) is 25.3. The van der Waals surface area contributed by atoms with Gasteiger partial charge in [-0.25, -0.2) is 9.50 Å². The summed E-state index contributed by atoms with van der Waals surface area (Å²) in [7, 11) is 0. The Bertz CT molecular complexity index is 2180. The first-order valence-corrected chi connectivity index (χ1v) is 15.1. The van der Waals surface area contributed by atoms with E-state index in [1.165, 1.54) is 16.8 Å². The lowest BCUT2D eigenvalue weighted by Crippen LogP contribution is -2.44. The summed E-state index contributed by atoms with van der Waals surface area (Å²) >= 11 is 0. The molecule has 1 atom stereocenters. The predicted molar refractivity (Wildman–Crippen MR) is 171 cm³/mol. The van der Waals surface area contributed by atoms with Crippen LogP contribution in [0.2, 0.25) is 0 Å². The summed E-state index contributed by atoms with van der Waals surface area (Å²) in [6.07, 6.45) is 3.66. The molecule has 0 spiro atoms. The van der Waals surface area contributed by atoms with Crippen molar-refractivity contribution >= 4 is 34.6 Å². The fourth-order valence-electron chi connectivity index (χ4n) is 6.73. The molecule has 4 N–H and O–H groups in total. The van der Waals surface area contributed by atoms with Gasteiger partial charge in [0.2, 0.25) is 0 Å². The molecule has 5 aromatic rings. The van der Waals surface area contributed by atoms with Crippen LogP contribution in [0.15, 0.2) is 58.3 Å². The topological polar surface area (TPSA) is 169 Å². The Balaban J connectivity index is 1.07. The van der Waals surface area contributed by atoms with Crippen molar-refractivity contribution in [2.24, 2.45) is 0 Å². The van der Waals surface area contributed by atoms with Crippen molar-refractivity contribution < 1.29 is 14.4 Å². The zero-order valence-corrected chi connectivity index (χ0v) is 25.3. The molecule has 2 amide bonds. The minimum atomic E-state index is -0.635. The Morgan fingerprint density at radius 2 is 1.83 bits per heavy atom. The Morgan fingerprint density at radius 3 is 2.61 bits per heavy atom. The normalized spacial score (nSPS) is 15.5. The highest BCUT2D eigenvalue weighted by molar-refractivity contribution is 5.99. The Hall–Kier alpha value is -5.65. The van der Waals surface area contributed by atoms with Crippen LogP contribution in [0.4, 0.5) is 11.4 Å². The van der Waals surface area contributed by atoms with Gasteiger partial charge in [-0.15, -0.1) is 0 Å². The number of ketones is 1. The van der Waals surface area contributed by atoms with Crippen molar-refractivity contribution in [1.82, 2.24) is 25.2 Å². The SMILES string of the molecule is CC(=O)c1ccc2c(c1C)CC[C@@H]2NC(=O)c1cc(C(=O)NCc2ccc3c(c2)CN(c2c(N)c(=O)c2=O)CC3)nc2ccnn12. The second-order valence-corrected chi connectivity index (χ2v) is 11.9. The van der Waals surface area contributed by atoms with Crippen molar-refractivity contribution in [2.45, 2.75) is 52.2 Å². The number of benzene rings is 2. The second-order valence-electron chi connectivity index (χ2n) is 11.9. The number of hydrogen-bond acceptors (Lipinski definition) is 9. The summed E-state index contributed by atoms with van der Waals surface area (Å²) in [5, 5.41) is 10.2. The number of rotatable bonds is 7. The van der Waals surface area contributed by atoms with Crippen molar-refractivity contribution in [1.29, 1.82) is 0 Å². The molecule has 2 aliphatic rings. The molecular weight excluding hydrogens is 586 g/mol. The molecule has 0 bridgehead atoms. The lowest BCUT2D eigenvalue weighted by molar-refractivity contribution is 0.0927. The van der Waals surface area contributed by atoms with Gasteiger partial charge in [0.1, 0.15) is 22.8 Å². The number of anilines is 2. The van der Waals surface area contributed by atoms with Crippen LogP contribution in [0.1, 0.15) is 84.1 Å². The van der Waals surface area contributed by atoms with Gasteiger partial charge in [-0.2, -0.15) is 5.10 Å². The van der Waals surface area contributed by atoms with E-state index in [0.29, 0.717) is 37.1 Å². The number of nitrogens with one attached hydrogen (secondary N) is 2. The van der Waals surface area contributed by atoms with E-state index in [-0.39, 0.29) is 41.1 Å². The van der Waals surface area contributed by atoms with Crippen LogP contribution in [-0.2, 0) is 25.9 Å². The smallest absolute Gasteiger partial charge is 0.270 e. The van der Waals surface area contributed by atoms with Crippen molar-refractivity contribution in [3.05, 3.63) is 119 Å². The van der Waals surface area contributed by atoms with Gasteiger partial charge >= 0.3 is 0 Å². The van der Waals surface area contributed by atoms with Gasteiger partial charge in [-0.3, -0.25) is 24.0 Å². The second kappa shape index (κ2) is 11.1. The molecule has 12 heteroatoms. The van der Waals surface area contributed by atoms with Crippen molar-refractivity contribution in [3.8, 4) is 0 Å². The lowest BCUT2D eigenvalue weighted by atomic mass is 9.96. The number of carbonyl (C=O) groups is 3. The van der Waals surface area contributed by atoms with E-state index in [1.807, 2.05) is 42.2 Å². The molecule has 0 unspecified atom stereocenters. The van der Waals surface area contributed by atoms with Gasteiger partial charge in [-0.05, 0) is 66.5 Å². The maximum atomic E-state index is 13.6. The Labute approximate surface area is 262 Å². The number of amides is 2. The standard InChI is InChI=1S/C34H31N7O5/c1-17-22(18(2)42)5-6-24-23(17)7-8-25(24)39-34(46)27-14-26(38-28-9-11-37-41(27)28)33(45)36-15-19-3-4-20-10-12-40(16-21(20)13-19)30-29(35)31(43)32(30)44/h3-6,9,11,13-14,25H,7-8,10,12,15-16,35H2,1-2H3,(H,36,45)(H,39,46)/t25-/m0/s1. The number of nitrogen functional groups attached to an aromatic ring is 1. The van der Waals surface area contributed by atoms with Crippen LogP contribution in [0.5, 0.6) is 0 Å². The van der Waals surface area contributed by atoms with Gasteiger partial charge in [0, 0.05) is 37.3 Å². The van der Waals surface area contributed by atoms with Gasteiger partial charge in [0.25, 0.3) is 22.7 Å². The maximum absolute atomic E-state index is 13.6. The van der Waals surface area contributed by atoms with Crippen LogP contribution in [0, 0.1) is 6.92 Å². The lowest BCUT2D eigenvalue weighted by Gasteiger charge is -2.32. The fraction of sp³-hybridized carbons (Fsp3) is 0.265. The minimum absolute atomic E-state index is 0.0126. The predicted octanol–water partition coefficient (Wildman–Crippen LogP) is 2.33. The van der Waals surface area contributed by atoms with Crippen LogP contribution >= 0.6 is 0 Å². The third-order valence-electron chi connectivity index (χ3n) is 9.18. The van der Waals surface area contributed by atoms with Crippen LogP contribution in [-0.4, -0.2) is 38.7 Å². The average Bonchev–Trinajstić information content (AvgIpc) is 3.70. The first-order valence-electron chi connectivity index (χ1n) is 15.1. The van der Waals surface area contributed by atoms with Gasteiger partial charge in [0.05, 0.1) is 12.2 Å². The maximum Gasteiger partial charge on any atom is 0.270 e. The third kappa shape index (κ3) is 4.82. The molecule has 1 aliphatic carbocycles. The van der Waals surface area contributed by atoms with Crippen LogP contribution < -0.4 is 32.1 Å². The van der Waals surface area contributed by atoms with Crippen LogP contribution in [0.3, 0.4) is 0 Å². The first-order chi connectivity index (χ1) is 22.1. The van der Waals surface area contributed by atoms with Gasteiger partial charge in [-0.1, -0.05) is 30.3 Å². The molecule has 3 heterocycles. The van der Waals surface area contributed by atoms with E-state index in [4.69, 9.17) is 5.73 Å². The highest BCUT2D eigenvalue weighted by atomic mass is 16.2. The largest absolute Gasteiger partial charge is 0.394 e. The molecule has 3 aromatic carbocycles. The number of fused-ring (bicyclic) bond motifs is 3. The van der Waals surface area contributed by atoms with Crippen LogP contribution in [0.25, 0.3) is 5.65 Å². The third-order valence-corrected chi connectivity index (χ3v) is 9.18. The number of aromatic nitrogens is 3. The summed E-state index contributed by atoms with van der Waals surface area (Å²) in [5.74, 6) is -0.830. The molecule has 0 saturated carbocycles. The molecule has 232 valence electrons. The van der Waals surface area contributed by atoms with E-state index in [1.54, 1.807) is 13.0 Å². The van der Waals surface area contributed by atoms with Gasteiger partial charge in [0.15, 0.2) is 11.4 Å². The summed E-state index contributed by atoms with van der Waals surface area (Å²) in [4.78, 5) is 68.8. The summed E-state index contributed by atoms with van der Waals surface area (Å²) in [6.45, 7) is 4.73. The monoisotopic (exact) mass is 617 g/mol. The molecule has 0 saturated heterocycles. The summed E-state index contributed by atoms with van der Waals surface area (Å²) < 4.78 is 1.41. The average molecular weight is 618 g/mol. The number of carbonyl (C=O) groups excluding carboxylic acids is 3. The quantitative estimate of drug-likeness (QED) is 0.183. The molecule has 12 nitrogen and oxygen atoms in total. The molecule has 0 radical (unpaired) electrons. The van der Waals surface area contributed by atoms with Crippen molar-refractivity contribution in [3.63, 3.8) is 0 Å². The number of nitrogens with two attached hydrogens (primary N) is 1. The van der Waals surface area contributed by atoms with E-state index in [2.05, 4.69) is 20.7 Å². The molecule has 7 rings (SSSR count). The number of Topliss-reactive ketones (excluding diaryl/α,β-unsaturated/α-hetero) is 1. The Morgan fingerprint density at radius 1 is 1.00 bits per heavy atom. The minimum Gasteiger partial charge on any atom is -0.394 e. The fourth-order valence-corrected chi connectivity index (χ4v) is 6.73. The number of hydrogen-bond donors (Lipinski definition) is 3. The van der Waals surface area contributed by atoms with E-state index in [0.717, 1.165) is 39.8 Å². The molecular formula is C34H31N7O5. The van der Waals surface area contributed by atoms with E-state index in [9.17, 15) is 24.0 Å². The summed E-state index contributed by atoms with van der Waals surface area (Å²) in [6, 6.07) is 12.4. The molecule has 1 aliphatic heterocycles. The number of nitrogens with zero attached hydrogens (tertiary/aromatic N) is 4. The first kappa shape index (κ1) is 29.1. The molecule has 46 heavy (non-hydrogen) atoms. The highest BCUT2D eigenvalue weighted by Gasteiger charge is 2.29. The Kier molecular flexibility index (Phi) is 6.99. The van der Waals surface area contributed by atoms with E-state index < -0.39 is 22.7 Å². The van der Waals surface area contributed by atoms with Gasteiger partial charge < -0.3 is 21.3 Å². The molecule has 2 aromatic heterocycles. The summed E-state index contributed by atoms with van der Waals surface area (Å²) in [5.41, 5.74) is 12.2. The highest BCUT2D eigenvalue weighted by Crippen LogP contribution is 2.35.